The second-order valence-corrected chi connectivity index (χ2v) is 7.59. The van der Waals surface area contributed by atoms with Crippen LogP contribution in [0.25, 0.3) is 22.5 Å². The lowest BCUT2D eigenvalue weighted by Gasteiger charge is -2.09. The topological polar surface area (TPSA) is 85.6 Å². The molecular formula is C23H19FN6O. The van der Waals surface area contributed by atoms with Crippen LogP contribution in [0.2, 0.25) is 0 Å². The number of halogens is 1. The van der Waals surface area contributed by atoms with E-state index in [1.807, 2.05) is 24.3 Å². The summed E-state index contributed by atoms with van der Waals surface area (Å²) in [4.78, 5) is 20.8. The first-order chi connectivity index (χ1) is 15.1. The van der Waals surface area contributed by atoms with Gasteiger partial charge in [-0.2, -0.15) is 4.39 Å². The summed E-state index contributed by atoms with van der Waals surface area (Å²) >= 11 is 0. The fraction of sp³-hybridized carbons (Fsp3) is 0.174. The molecule has 0 atom stereocenters. The standard InChI is InChI=1S/C23H19FN6O/c1-14-9-17(12-26-21(14)24)15-7-8-25-20(11-15)23(31)28-18-4-2-3-16(10-18)22-29-27-13-30(22)19-5-6-19/h2-4,7-13,19H,5-6H2,1H3,(H,28,31). The van der Waals surface area contributed by atoms with Gasteiger partial charge in [-0.1, -0.05) is 12.1 Å². The van der Waals surface area contributed by atoms with E-state index in [9.17, 15) is 9.18 Å². The van der Waals surface area contributed by atoms with E-state index in [0.717, 1.165) is 35.4 Å². The van der Waals surface area contributed by atoms with E-state index in [2.05, 4.69) is 30.0 Å². The second-order valence-electron chi connectivity index (χ2n) is 7.59. The zero-order valence-electron chi connectivity index (χ0n) is 16.8. The molecule has 0 spiro atoms. The first-order valence-corrected chi connectivity index (χ1v) is 9.98. The molecule has 0 saturated heterocycles. The Balaban J connectivity index is 1.38. The number of anilines is 1. The monoisotopic (exact) mass is 414 g/mol. The summed E-state index contributed by atoms with van der Waals surface area (Å²) in [5, 5.41) is 11.2. The largest absolute Gasteiger partial charge is 0.321 e. The first-order valence-electron chi connectivity index (χ1n) is 9.98. The summed E-state index contributed by atoms with van der Waals surface area (Å²) in [6.07, 6.45) is 7.01. The molecule has 7 nitrogen and oxygen atoms in total. The molecule has 31 heavy (non-hydrogen) atoms. The van der Waals surface area contributed by atoms with E-state index in [1.54, 1.807) is 37.6 Å². The number of carbonyl (C=O) groups excluding carboxylic acids is 1. The zero-order valence-corrected chi connectivity index (χ0v) is 16.8. The fourth-order valence-corrected chi connectivity index (χ4v) is 3.45. The highest BCUT2D eigenvalue weighted by molar-refractivity contribution is 6.03. The molecule has 1 amide bonds. The van der Waals surface area contributed by atoms with Crippen LogP contribution < -0.4 is 5.32 Å². The zero-order chi connectivity index (χ0) is 21.4. The Morgan fingerprint density at radius 2 is 1.97 bits per heavy atom. The minimum Gasteiger partial charge on any atom is -0.321 e. The van der Waals surface area contributed by atoms with Crippen LogP contribution in [-0.2, 0) is 0 Å². The van der Waals surface area contributed by atoms with E-state index in [0.29, 0.717) is 17.3 Å². The summed E-state index contributed by atoms with van der Waals surface area (Å²) < 4.78 is 15.5. The van der Waals surface area contributed by atoms with Crippen LogP contribution >= 0.6 is 0 Å². The smallest absolute Gasteiger partial charge is 0.274 e. The number of nitrogens with zero attached hydrogens (tertiary/aromatic N) is 5. The van der Waals surface area contributed by atoms with Crippen LogP contribution in [0.5, 0.6) is 0 Å². The number of hydrogen-bond acceptors (Lipinski definition) is 5. The average Bonchev–Trinajstić information content (AvgIpc) is 3.52. The summed E-state index contributed by atoms with van der Waals surface area (Å²) in [5.74, 6) is -0.0551. The summed E-state index contributed by atoms with van der Waals surface area (Å²) in [5.41, 5.74) is 3.68. The van der Waals surface area contributed by atoms with Crippen LogP contribution in [0.3, 0.4) is 0 Å². The maximum absolute atomic E-state index is 13.5. The maximum Gasteiger partial charge on any atom is 0.274 e. The number of carbonyl (C=O) groups is 1. The molecule has 0 aliphatic heterocycles. The Bertz CT molecular complexity index is 1280. The number of benzene rings is 1. The molecule has 0 unspecified atom stereocenters. The molecule has 5 rings (SSSR count). The number of aryl methyl sites for hydroxylation is 1. The Hall–Kier alpha value is -3.94. The summed E-state index contributed by atoms with van der Waals surface area (Å²) in [7, 11) is 0. The van der Waals surface area contributed by atoms with Crippen molar-refractivity contribution in [2.75, 3.05) is 5.32 Å². The van der Waals surface area contributed by atoms with Gasteiger partial charge in [0.2, 0.25) is 5.95 Å². The number of amides is 1. The predicted molar refractivity (Wildman–Crippen MR) is 114 cm³/mol. The quantitative estimate of drug-likeness (QED) is 0.488. The Morgan fingerprint density at radius 1 is 1.10 bits per heavy atom. The third kappa shape index (κ3) is 3.92. The van der Waals surface area contributed by atoms with Crippen LogP contribution in [0, 0.1) is 12.9 Å². The number of hydrogen-bond donors (Lipinski definition) is 1. The lowest BCUT2D eigenvalue weighted by Crippen LogP contribution is -2.13. The van der Waals surface area contributed by atoms with E-state index in [1.165, 1.54) is 6.20 Å². The molecule has 0 radical (unpaired) electrons. The molecule has 1 N–H and O–H groups in total. The van der Waals surface area contributed by atoms with Crippen molar-refractivity contribution in [2.24, 2.45) is 0 Å². The number of rotatable bonds is 5. The molecule has 3 aromatic heterocycles. The number of nitrogens with one attached hydrogen (secondary N) is 1. The SMILES string of the molecule is Cc1cc(-c2ccnc(C(=O)Nc3cccc(-c4nncn4C4CC4)c3)c2)cnc1F. The molecule has 3 heterocycles. The molecule has 0 bridgehead atoms. The first kappa shape index (κ1) is 19.0. The average molecular weight is 414 g/mol. The van der Waals surface area contributed by atoms with Crippen molar-refractivity contribution in [1.29, 1.82) is 0 Å². The van der Waals surface area contributed by atoms with Gasteiger partial charge in [-0.3, -0.25) is 9.78 Å². The molecule has 1 aliphatic carbocycles. The van der Waals surface area contributed by atoms with Gasteiger partial charge in [0.1, 0.15) is 12.0 Å². The Morgan fingerprint density at radius 3 is 2.77 bits per heavy atom. The van der Waals surface area contributed by atoms with Crippen LogP contribution in [0.4, 0.5) is 10.1 Å². The van der Waals surface area contributed by atoms with E-state index >= 15 is 0 Å². The summed E-state index contributed by atoms with van der Waals surface area (Å²) in [6, 6.07) is 13.1. The van der Waals surface area contributed by atoms with Gasteiger partial charge >= 0.3 is 0 Å². The van der Waals surface area contributed by atoms with Crippen LogP contribution in [-0.4, -0.2) is 30.6 Å². The molecule has 8 heteroatoms. The van der Waals surface area contributed by atoms with E-state index in [4.69, 9.17) is 0 Å². The third-order valence-electron chi connectivity index (χ3n) is 5.23. The van der Waals surface area contributed by atoms with Crippen LogP contribution in [0.15, 0.2) is 61.2 Å². The van der Waals surface area contributed by atoms with Crippen molar-refractivity contribution in [1.82, 2.24) is 24.7 Å². The van der Waals surface area contributed by atoms with Crippen molar-refractivity contribution < 1.29 is 9.18 Å². The molecule has 4 aromatic rings. The lowest BCUT2D eigenvalue weighted by molar-refractivity contribution is 0.102. The van der Waals surface area contributed by atoms with Gasteiger partial charge in [-0.15, -0.1) is 10.2 Å². The molecular weight excluding hydrogens is 395 g/mol. The summed E-state index contributed by atoms with van der Waals surface area (Å²) in [6.45, 7) is 1.65. The molecule has 1 aliphatic rings. The Kier molecular flexibility index (Phi) is 4.74. The Labute approximate surface area is 178 Å². The van der Waals surface area contributed by atoms with Crippen molar-refractivity contribution >= 4 is 11.6 Å². The van der Waals surface area contributed by atoms with Crippen LogP contribution in [0.1, 0.15) is 34.9 Å². The molecule has 1 fully saturated rings. The minimum absolute atomic E-state index is 0.256. The van der Waals surface area contributed by atoms with Gasteiger partial charge in [0.05, 0.1) is 0 Å². The second kappa shape index (κ2) is 7.71. The molecule has 1 aromatic carbocycles. The maximum atomic E-state index is 13.5. The van der Waals surface area contributed by atoms with Gasteiger partial charge in [0.25, 0.3) is 5.91 Å². The normalized spacial score (nSPS) is 13.2. The van der Waals surface area contributed by atoms with Gasteiger partial charge < -0.3 is 9.88 Å². The number of pyridine rings is 2. The van der Waals surface area contributed by atoms with Crippen molar-refractivity contribution in [2.45, 2.75) is 25.8 Å². The van der Waals surface area contributed by atoms with Crippen molar-refractivity contribution in [3.8, 4) is 22.5 Å². The lowest BCUT2D eigenvalue weighted by atomic mass is 10.1. The highest BCUT2D eigenvalue weighted by Gasteiger charge is 2.26. The highest BCUT2D eigenvalue weighted by Crippen LogP contribution is 2.37. The van der Waals surface area contributed by atoms with E-state index < -0.39 is 5.95 Å². The van der Waals surface area contributed by atoms with Gasteiger partial charge in [-0.05, 0) is 55.7 Å². The van der Waals surface area contributed by atoms with Gasteiger partial charge in [-0.25, -0.2) is 4.98 Å². The minimum atomic E-state index is -0.506. The van der Waals surface area contributed by atoms with Gasteiger partial charge in [0.15, 0.2) is 5.82 Å². The van der Waals surface area contributed by atoms with Crippen molar-refractivity contribution in [3.05, 3.63) is 78.4 Å². The van der Waals surface area contributed by atoms with Gasteiger partial charge in [0, 0.05) is 40.8 Å². The molecule has 1 saturated carbocycles. The fourth-order valence-electron chi connectivity index (χ4n) is 3.45. The van der Waals surface area contributed by atoms with E-state index in [-0.39, 0.29) is 11.6 Å². The third-order valence-corrected chi connectivity index (χ3v) is 5.23. The predicted octanol–water partition coefficient (Wildman–Crippen LogP) is 4.44. The molecule has 154 valence electrons. The highest BCUT2D eigenvalue weighted by atomic mass is 19.1. The number of aromatic nitrogens is 5. The van der Waals surface area contributed by atoms with Crippen molar-refractivity contribution in [3.63, 3.8) is 0 Å².